The molecule has 1 aliphatic carbocycles. The molecule has 0 aromatic rings. The summed E-state index contributed by atoms with van der Waals surface area (Å²) in [4.78, 5) is 0. The highest BCUT2D eigenvalue weighted by molar-refractivity contribution is 4.71. The molecule has 1 heteroatoms. The van der Waals surface area contributed by atoms with Crippen LogP contribution in [0.3, 0.4) is 0 Å². The molecule has 0 aromatic heterocycles. The Morgan fingerprint density at radius 3 is 2.70 bits per heavy atom. The van der Waals surface area contributed by atoms with Gasteiger partial charge in [0.15, 0.2) is 0 Å². The van der Waals surface area contributed by atoms with Crippen LogP contribution in [0.1, 0.15) is 45.4 Å². The maximum Gasteiger partial charge on any atom is 0.00414 e. The lowest BCUT2D eigenvalue weighted by atomic mass is 9.96. The van der Waals surface area contributed by atoms with Crippen molar-refractivity contribution in [1.29, 1.82) is 0 Å². The van der Waals surface area contributed by atoms with Crippen molar-refractivity contribution in [3.8, 4) is 0 Å². The third kappa shape index (κ3) is 2.30. The molecule has 0 heterocycles. The zero-order valence-corrected chi connectivity index (χ0v) is 6.97. The number of nitrogens with two attached hydrogens (primary N) is 1. The molecule has 1 aliphatic rings. The Hall–Kier alpha value is -0.0400. The van der Waals surface area contributed by atoms with Gasteiger partial charge in [0.2, 0.25) is 0 Å². The van der Waals surface area contributed by atoms with Gasteiger partial charge in [-0.05, 0) is 18.8 Å². The van der Waals surface area contributed by atoms with Crippen LogP contribution in [0.4, 0.5) is 0 Å². The van der Waals surface area contributed by atoms with Gasteiger partial charge in [0.05, 0.1) is 0 Å². The normalized spacial score (nSPS) is 35.4. The SMILES string of the molecule is CCC1CCCCC(N)C1. The van der Waals surface area contributed by atoms with Gasteiger partial charge < -0.3 is 5.73 Å². The van der Waals surface area contributed by atoms with E-state index in [1.54, 1.807) is 0 Å². The number of rotatable bonds is 1. The topological polar surface area (TPSA) is 26.0 Å². The fourth-order valence-electron chi connectivity index (χ4n) is 1.87. The fraction of sp³-hybridized carbons (Fsp3) is 1.00. The summed E-state index contributed by atoms with van der Waals surface area (Å²) in [7, 11) is 0. The van der Waals surface area contributed by atoms with Crippen LogP contribution < -0.4 is 5.73 Å². The van der Waals surface area contributed by atoms with E-state index in [-0.39, 0.29) is 0 Å². The van der Waals surface area contributed by atoms with E-state index in [2.05, 4.69) is 6.92 Å². The first kappa shape index (κ1) is 8.06. The van der Waals surface area contributed by atoms with Crippen molar-refractivity contribution in [3.05, 3.63) is 0 Å². The predicted molar refractivity (Wildman–Crippen MR) is 44.8 cm³/mol. The van der Waals surface area contributed by atoms with Gasteiger partial charge in [-0.15, -0.1) is 0 Å². The van der Waals surface area contributed by atoms with E-state index in [1.807, 2.05) is 0 Å². The first-order valence-corrected chi connectivity index (χ1v) is 4.58. The van der Waals surface area contributed by atoms with E-state index in [0.29, 0.717) is 6.04 Å². The van der Waals surface area contributed by atoms with Crippen molar-refractivity contribution in [2.24, 2.45) is 11.7 Å². The molecule has 0 spiro atoms. The molecule has 1 saturated carbocycles. The molecule has 1 fully saturated rings. The molecule has 0 radical (unpaired) electrons. The molecule has 0 saturated heterocycles. The van der Waals surface area contributed by atoms with Crippen LogP contribution in [-0.2, 0) is 0 Å². The van der Waals surface area contributed by atoms with Crippen molar-refractivity contribution in [2.75, 3.05) is 0 Å². The van der Waals surface area contributed by atoms with Gasteiger partial charge in [-0.3, -0.25) is 0 Å². The van der Waals surface area contributed by atoms with E-state index in [0.717, 1.165) is 5.92 Å². The first-order valence-electron chi connectivity index (χ1n) is 4.58. The second-order valence-corrected chi connectivity index (χ2v) is 3.55. The highest BCUT2D eigenvalue weighted by Crippen LogP contribution is 2.24. The van der Waals surface area contributed by atoms with Gasteiger partial charge in [0.1, 0.15) is 0 Å². The molecule has 2 unspecified atom stereocenters. The Morgan fingerprint density at radius 1 is 1.30 bits per heavy atom. The third-order valence-electron chi connectivity index (χ3n) is 2.65. The Labute approximate surface area is 64.0 Å². The highest BCUT2D eigenvalue weighted by Gasteiger charge is 2.14. The van der Waals surface area contributed by atoms with Crippen LogP contribution in [0.5, 0.6) is 0 Å². The smallest absolute Gasteiger partial charge is 0.00414 e. The van der Waals surface area contributed by atoms with Gasteiger partial charge in [0, 0.05) is 6.04 Å². The zero-order valence-electron chi connectivity index (χ0n) is 6.97. The lowest BCUT2D eigenvalue weighted by Gasteiger charge is -2.13. The molecule has 0 bridgehead atoms. The zero-order chi connectivity index (χ0) is 7.40. The van der Waals surface area contributed by atoms with Gasteiger partial charge in [-0.2, -0.15) is 0 Å². The molecule has 1 nitrogen and oxygen atoms in total. The van der Waals surface area contributed by atoms with Crippen molar-refractivity contribution < 1.29 is 0 Å². The van der Waals surface area contributed by atoms with E-state index in [4.69, 9.17) is 5.73 Å². The molecule has 2 N–H and O–H groups in total. The quantitative estimate of drug-likeness (QED) is 0.557. The van der Waals surface area contributed by atoms with Crippen LogP contribution in [0.25, 0.3) is 0 Å². The second kappa shape index (κ2) is 3.97. The second-order valence-electron chi connectivity index (χ2n) is 3.55. The van der Waals surface area contributed by atoms with Gasteiger partial charge in [0.25, 0.3) is 0 Å². The van der Waals surface area contributed by atoms with Crippen molar-refractivity contribution in [3.63, 3.8) is 0 Å². The average molecular weight is 141 g/mol. The van der Waals surface area contributed by atoms with Gasteiger partial charge in [-0.1, -0.05) is 32.6 Å². The molecule has 10 heavy (non-hydrogen) atoms. The van der Waals surface area contributed by atoms with E-state index >= 15 is 0 Å². The van der Waals surface area contributed by atoms with Crippen molar-refractivity contribution in [2.45, 2.75) is 51.5 Å². The number of hydrogen-bond acceptors (Lipinski definition) is 1. The lowest BCUT2D eigenvalue weighted by molar-refractivity contribution is 0.421. The Bertz CT molecular complexity index is 90.7. The molecule has 0 aliphatic heterocycles. The maximum absolute atomic E-state index is 5.90. The van der Waals surface area contributed by atoms with E-state index in [1.165, 1.54) is 38.5 Å². The molecule has 1 rings (SSSR count). The molecule has 0 aromatic carbocycles. The monoisotopic (exact) mass is 141 g/mol. The third-order valence-corrected chi connectivity index (χ3v) is 2.65. The summed E-state index contributed by atoms with van der Waals surface area (Å²) in [5, 5.41) is 0. The molecule has 60 valence electrons. The first-order chi connectivity index (χ1) is 4.83. The van der Waals surface area contributed by atoms with Crippen LogP contribution >= 0.6 is 0 Å². The summed E-state index contributed by atoms with van der Waals surface area (Å²) >= 11 is 0. The Kier molecular flexibility index (Phi) is 3.20. The molecular weight excluding hydrogens is 122 g/mol. The van der Waals surface area contributed by atoms with Crippen LogP contribution in [-0.4, -0.2) is 6.04 Å². The molecule has 0 amide bonds. The van der Waals surface area contributed by atoms with Crippen LogP contribution in [0, 0.1) is 5.92 Å². The van der Waals surface area contributed by atoms with Crippen LogP contribution in [0.2, 0.25) is 0 Å². The van der Waals surface area contributed by atoms with Crippen molar-refractivity contribution >= 4 is 0 Å². The Morgan fingerprint density at radius 2 is 2.00 bits per heavy atom. The molecule has 2 atom stereocenters. The lowest BCUT2D eigenvalue weighted by Crippen LogP contribution is -2.21. The highest BCUT2D eigenvalue weighted by atomic mass is 14.6. The summed E-state index contributed by atoms with van der Waals surface area (Å²) in [6.45, 7) is 2.28. The minimum absolute atomic E-state index is 0.507. The van der Waals surface area contributed by atoms with E-state index in [9.17, 15) is 0 Å². The standard InChI is InChI=1S/C9H19N/c1-2-8-5-3-4-6-9(10)7-8/h8-9H,2-7,10H2,1H3. The minimum atomic E-state index is 0.507. The average Bonchev–Trinajstić information content (AvgIpc) is 2.13. The van der Waals surface area contributed by atoms with Crippen molar-refractivity contribution in [1.82, 2.24) is 0 Å². The number of hydrogen-bond donors (Lipinski definition) is 1. The maximum atomic E-state index is 5.90. The summed E-state index contributed by atoms with van der Waals surface area (Å²) in [5.41, 5.74) is 5.90. The Balaban J connectivity index is 2.30. The van der Waals surface area contributed by atoms with E-state index < -0.39 is 0 Å². The minimum Gasteiger partial charge on any atom is -0.328 e. The summed E-state index contributed by atoms with van der Waals surface area (Å²) in [5.74, 6) is 0.928. The predicted octanol–water partition coefficient (Wildman–Crippen LogP) is 2.30. The van der Waals surface area contributed by atoms with Gasteiger partial charge in [-0.25, -0.2) is 0 Å². The summed E-state index contributed by atoms with van der Waals surface area (Å²) in [6.07, 6.45) is 8.05. The van der Waals surface area contributed by atoms with Gasteiger partial charge >= 0.3 is 0 Å². The summed E-state index contributed by atoms with van der Waals surface area (Å²) in [6, 6.07) is 0.507. The fourth-order valence-corrected chi connectivity index (χ4v) is 1.87. The summed E-state index contributed by atoms with van der Waals surface area (Å²) < 4.78 is 0. The largest absolute Gasteiger partial charge is 0.328 e. The van der Waals surface area contributed by atoms with Crippen LogP contribution in [0.15, 0.2) is 0 Å². The molecular formula is C9H19N.